The van der Waals surface area contributed by atoms with Crippen LogP contribution in [-0.4, -0.2) is 45.5 Å². The van der Waals surface area contributed by atoms with Crippen molar-refractivity contribution in [3.63, 3.8) is 0 Å². The van der Waals surface area contributed by atoms with E-state index in [1.807, 2.05) is 29.9 Å². The molecular weight excluding hydrogens is 459 g/mol. The first-order valence-corrected chi connectivity index (χ1v) is 12.0. The number of nitrogens with one attached hydrogen (secondary N) is 1. The Hall–Kier alpha value is -4.04. The zero-order valence-electron chi connectivity index (χ0n) is 20.2. The number of aryl methyl sites for hydroxylation is 1. The second-order valence-corrected chi connectivity index (χ2v) is 8.27. The molecule has 2 aromatic heterocycles. The lowest BCUT2D eigenvalue weighted by molar-refractivity contribution is 0.0950. The van der Waals surface area contributed by atoms with E-state index < -0.39 is 0 Å². The number of aromatic hydroxyl groups is 1. The van der Waals surface area contributed by atoms with Crippen LogP contribution in [0.4, 0.5) is 4.39 Å². The molecule has 8 heteroatoms. The zero-order valence-corrected chi connectivity index (χ0v) is 20.2. The van der Waals surface area contributed by atoms with Crippen molar-refractivity contribution < 1.29 is 19.0 Å². The summed E-state index contributed by atoms with van der Waals surface area (Å²) >= 11 is 0. The smallest absolute Gasteiger partial charge is 0.255 e. The van der Waals surface area contributed by atoms with Gasteiger partial charge >= 0.3 is 0 Å². The van der Waals surface area contributed by atoms with Crippen molar-refractivity contribution in [2.24, 2.45) is 0 Å². The average Bonchev–Trinajstić information content (AvgIpc) is 3.32. The van der Waals surface area contributed by atoms with Gasteiger partial charge in [-0.2, -0.15) is 5.10 Å². The van der Waals surface area contributed by atoms with Gasteiger partial charge in [0, 0.05) is 42.4 Å². The molecule has 0 fully saturated rings. The Balaban J connectivity index is 1.46. The second-order valence-electron chi connectivity index (χ2n) is 8.27. The maximum absolute atomic E-state index is 13.5. The summed E-state index contributed by atoms with van der Waals surface area (Å²) < 4.78 is 20.8. The van der Waals surface area contributed by atoms with E-state index in [4.69, 9.17) is 9.84 Å². The van der Waals surface area contributed by atoms with E-state index in [9.17, 15) is 14.3 Å². The Kier molecular flexibility index (Phi) is 8.41. The lowest BCUT2D eigenvalue weighted by Crippen LogP contribution is -2.24. The van der Waals surface area contributed by atoms with Gasteiger partial charge in [0.1, 0.15) is 17.3 Å². The Morgan fingerprint density at radius 1 is 1.11 bits per heavy atom. The van der Waals surface area contributed by atoms with Crippen molar-refractivity contribution in [2.45, 2.75) is 26.3 Å². The summed E-state index contributed by atoms with van der Waals surface area (Å²) in [6.07, 6.45) is 5.09. The molecule has 0 unspecified atom stereocenters. The molecule has 2 heterocycles. The number of hydrogen-bond acceptors (Lipinski definition) is 5. The quantitative estimate of drug-likeness (QED) is 0.295. The predicted octanol–water partition coefficient (Wildman–Crippen LogP) is 4.86. The minimum Gasteiger partial charge on any atom is -0.507 e. The van der Waals surface area contributed by atoms with Crippen molar-refractivity contribution in [2.75, 3.05) is 19.8 Å². The maximum Gasteiger partial charge on any atom is 0.255 e. The standard InChI is InChI=1S/C28H29FN4O3/c1-2-36-17-16-33-19-25(27(32-33)20-9-11-22(29)12-10-20)21-13-15-30-23(18-21)6-5-14-31-28(35)24-7-3-4-8-26(24)34/h3-4,7-13,15,18-19,34H,2,5-6,14,16-17H2,1H3,(H,31,35). The van der Waals surface area contributed by atoms with Crippen LogP contribution in [0.15, 0.2) is 73.1 Å². The summed E-state index contributed by atoms with van der Waals surface area (Å²) in [5, 5.41) is 17.4. The number of hydrogen-bond donors (Lipinski definition) is 2. The van der Waals surface area contributed by atoms with Gasteiger partial charge in [0.15, 0.2) is 0 Å². The average molecular weight is 489 g/mol. The van der Waals surface area contributed by atoms with Gasteiger partial charge in [-0.1, -0.05) is 12.1 Å². The molecule has 36 heavy (non-hydrogen) atoms. The molecule has 0 aliphatic rings. The van der Waals surface area contributed by atoms with Crippen LogP contribution in [0.25, 0.3) is 22.4 Å². The summed E-state index contributed by atoms with van der Waals surface area (Å²) in [6, 6.07) is 16.7. The lowest BCUT2D eigenvalue weighted by atomic mass is 10.0. The lowest BCUT2D eigenvalue weighted by Gasteiger charge is -2.08. The molecule has 0 atom stereocenters. The maximum atomic E-state index is 13.5. The number of carbonyl (C=O) groups excluding carboxylic acids is 1. The van der Waals surface area contributed by atoms with Gasteiger partial charge < -0.3 is 15.2 Å². The molecule has 0 radical (unpaired) electrons. The third-order valence-electron chi connectivity index (χ3n) is 5.72. The van der Waals surface area contributed by atoms with Gasteiger partial charge in [0.2, 0.25) is 0 Å². The first kappa shape index (κ1) is 25.1. The van der Waals surface area contributed by atoms with Crippen LogP contribution in [0.1, 0.15) is 29.4 Å². The van der Waals surface area contributed by atoms with E-state index in [1.165, 1.54) is 18.2 Å². The van der Waals surface area contributed by atoms with Gasteiger partial charge in [0.05, 0.1) is 18.7 Å². The fourth-order valence-corrected chi connectivity index (χ4v) is 3.89. The molecule has 0 aliphatic heterocycles. The van der Waals surface area contributed by atoms with E-state index in [0.717, 1.165) is 28.1 Å². The van der Waals surface area contributed by atoms with Crippen molar-refractivity contribution in [1.82, 2.24) is 20.1 Å². The van der Waals surface area contributed by atoms with E-state index in [1.54, 1.807) is 36.5 Å². The van der Waals surface area contributed by atoms with Crippen molar-refractivity contribution >= 4 is 5.91 Å². The topological polar surface area (TPSA) is 89.3 Å². The first-order chi connectivity index (χ1) is 17.5. The number of phenols is 1. The number of rotatable bonds is 11. The van der Waals surface area contributed by atoms with Gasteiger partial charge in [-0.3, -0.25) is 14.5 Å². The normalized spacial score (nSPS) is 10.9. The minimum atomic E-state index is -0.307. The second kappa shape index (κ2) is 12.1. The summed E-state index contributed by atoms with van der Waals surface area (Å²) in [5.41, 5.74) is 4.61. The first-order valence-electron chi connectivity index (χ1n) is 12.0. The number of benzene rings is 2. The molecule has 0 saturated heterocycles. The number of nitrogens with zero attached hydrogens (tertiary/aromatic N) is 3. The highest BCUT2D eigenvalue weighted by Crippen LogP contribution is 2.31. The number of ether oxygens (including phenoxy) is 1. The van der Waals surface area contributed by atoms with Crippen LogP contribution in [0.3, 0.4) is 0 Å². The highest BCUT2D eigenvalue weighted by molar-refractivity contribution is 5.96. The van der Waals surface area contributed by atoms with Gasteiger partial charge in [-0.15, -0.1) is 0 Å². The number of aromatic nitrogens is 3. The molecule has 0 spiro atoms. The van der Waals surface area contributed by atoms with Crippen LogP contribution >= 0.6 is 0 Å². The van der Waals surface area contributed by atoms with Crippen LogP contribution in [0.2, 0.25) is 0 Å². The molecule has 7 nitrogen and oxygen atoms in total. The molecule has 0 saturated carbocycles. The Bertz CT molecular complexity index is 1300. The van der Waals surface area contributed by atoms with Crippen LogP contribution in [0, 0.1) is 5.82 Å². The van der Waals surface area contributed by atoms with E-state index in [0.29, 0.717) is 39.1 Å². The summed E-state index contributed by atoms with van der Waals surface area (Å²) in [4.78, 5) is 16.8. The van der Waals surface area contributed by atoms with Crippen LogP contribution < -0.4 is 5.32 Å². The molecule has 2 aromatic carbocycles. The Morgan fingerprint density at radius 3 is 2.69 bits per heavy atom. The van der Waals surface area contributed by atoms with Gasteiger partial charge in [0.25, 0.3) is 5.91 Å². The highest BCUT2D eigenvalue weighted by Gasteiger charge is 2.15. The monoisotopic (exact) mass is 488 g/mol. The zero-order chi connectivity index (χ0) is 25.3. The molecule has 0 aliphatic carbocycles. The number of para-hydroxylation sites is 1. The number of halogens is 1. The van der Waals surface area contributed by atoms with Crippen molar-refractivity contribution in [3.8, 4) is 28.1 Å². The van der Waals surface area contributed by atoms with Crippen LogP contribution in [0.5, 0.6) is 5.75 Å². The van der Waals surface area contributed by atoms with E-state index >= 15 is 0 Å². The molecule has 2 N–H and O–H groups in total. The molecule has 4 aromatic rings. The summed E-state index contributed by atoms with van der Waals surface area (Å²) in [5.74, 6) is -0.641. The molecule has 0 bridgehead atoms. The molecule has 1 amide bonds. The van der Waals surface area contributed by atoms with Crippen LogP contribution in [-0.2, 0) is 17.7 Å². The Morgan fingerprint density at radius 2 is 1.92 bits per heavy atom. The van der Waals surface area contributed by atoms with Crippen molar-refractivity contribution in [3.05, 3.63) is 90.1 Å². The molecule has 4 rings (SSSR count). The van der Waals surface area contributed by atoms with E-state index in [2.05, 4.69) is 10.3 Å². The number of pyridine rings is 1. The molecule has 186 valence electrons. The Labute approximate surface area is 209 Å². The number of phenolic OH excluding ortho intramolecular Hbond substituents is 1. The van der Waals surface area contributed by atoms with E-state index in [-0.39, 0.29) is 23.0 Å². The third kappa shape index (κ3) is 6.34. The summed E-state index contributed by atoms with van der Waals surface area (Å²) in [6.45, 7) is 4.20. The summed E-state index contributed by atoms with van der Waals surface area (Å²) in [7, 11) is 0. The van der Waals surface area contributed by atoms with Gasteiger partial charge in [-0.05, 0) is 73.9 Å². The largest absolute Gasteiger partial charge is 0.507 e. The van der Waals surface area contributed by atoms with Gasteiger partial charge in [-0.25, -0.2) is 4.39 Å². The minimum absolute atomic E-state index is 0.0388. The third-order valence-corrected chi connectivity index (χ3v) is 5.72. The fourth-order valence-electron chi connectivity index (χ4n) is 3.89. The highest BCUT2D eigenvalue weighted by atomic mass is 19.1. The van der Waals surface area contributed by atoms with Crippen molar-refractivity contribution in [1.29, 1.82) is 0 Å². The number of amides is 1. The fraction of sp³-hybridized carbons (Fsp3) is 0.250. The SMILES string of the molecule is CCOCCn1cc(-c2ccnc(CCCNC(=O)c3ccccc3O)c2)c(-c2ccc(F)cc2)n1. The predicted molar refractivity (Wildman–Crippen MR) is 136 cm³/mol. The number of carbonyl (C=O) groups is 1. The molecular formula is C28H29FN4O3.